The second-order valence-corrected chi connectivity index (χ2v) is 15.9. The van der Waals surface area contributed by atoms with Crippen molar-refractivity contribution in [2.75, 3.05) is 0 Å². The summed E-state index contributed by atoms with van der Waals surface area (Å²) in [4.78, 5) is 5.12. The van der Waals surface area contributed by atoms with Crippen LogP contribution in [0.25, 0.3) is 0 Å². The molecule has 0 aromatic heterocycles. The molecule has 0 aliphatic heterocycles. The van der Waals surface area contributed by atoms with Crippen molar-refractivity contribution in [1.29, 1.82) is 0 Å². The minimum Gasteiger partial charge on any atom is -0.290 e. The van der Waals surface area contributed by atoms with Gasteiger partial charge in [-0.3, -0.25) is 4.99 Å². The summed E-state index contributed by atoms with van der Waals surface area (Å²) in [7, 11) is -0.994. The van der Waals surface area contributed by atoms with Crippen molar-refractivity contribution in [2.24, 2.45) is 4.99 Å². The van der Waals surface area contributed by atoms with Crippen molar-refractivity contribution in [2.45, 2.75) is 82.3 Å². The third-order valence-corrected chi connectivity index (χ3v) is 8.16. The molecule has 0 saturated heterocycles. The van der Waals surface area contributed by atoms with Crippen molar-refractivity contribution in [3.8, 4) is 0 Å². The quantitative estimate of drug-likeness (QED) is 0.665. The lowest BCUT2D eigenvalue weighted by molar-refractivity contribution is 0.443. The fraction of sp³-hybridized carbons (Fsp3) is 0.929. The molecule has 0 aromatic carbocycles. The van der Waals surface area contributed by atoms with E-state index in [4.69, 9.17) is 4.99 Å². The predicted octanol–water partition coefficient (Wildman–Crippen LogP) is 4.88. The van der Waals surface area contributed by atoms with Gasteiger partial charge in [-0.05, 0) is 32.1 Å². The van der Waals surface area contributed by atoms with E-state index in [1.165, 1.54) is 51.4 Å². The summed E-state index contributed by atoms with van der Waals surface area (Å²) in [5, 5.41) is 0.781. The summed E-state index contributed by atoms with van der Waals surface area (Å²) < 4.78 is 0. The van der Waals surface area contributed by atoms with E-state index < -0.39 is 7.22 Å². The Kier molecular flexibility index (Phi) is 4.76. The van der Waals surface area contributed by atoms with Crippen LogP contribution in [0, 0.1) is 0 Å². The summed E-state index contributed by atoms with van der Waals surface area (Å²) in [6, 6.07) is 0.682. The first-order valence-corrected chi connectivity index (χ1v) is 12.4. The molecule has 1 nitrogen and oxygen atoms in total. The fourth-order valence-electron chi connectivity index (χ4n) is 2.94. The maximum Gasteiger partial charge on any atom is 0.109 e. The summed E-state index contributed by atoms with van der Waals surface area (Å²) >= 11 is 2.27. The van der Waals surface area contributed by atoms with E-state index >= 15 is 0 Å². The van der Waals surface area contributed by atoms with E-state index in [1.54, 1.807) is 5.71 Å². The first-order valence-electron chi connectivity index (χ1n) is 7.29. The van der Waals surface area contributed by atoms with Crippen LogP contribution in [0.4, 0.5) is 0 Å². The van der Waals surface area contributed by atoms with Crippen LogP contribution in [0.2, 0.25) is 19.6 Å². The zero-order chi connectivity index (χ0) is 12.3. The highest BCUT2D eigenvalue weighted by atomic mass is 32.4. The lowest BCUT2D eigenvalue weighted by Gasteiger charge is -2.24. The van der Waals surface area contributed by atoms with Crippen LogP contribution in [0.3, 0.4) is 0 Å². The molecular weight excluding hydrogens is 242 g/mol. The predicted molar refractivity (Wildman–Crippen MR) is 82.9 cm³/mol. The highest BCUT2D eigenvalue weighted by Gasteiger charge is 2.29. The summed E-state index contributed by atoms with van der Waals surface area (Å²) in [6.45, 7) is 7.40. The summed E-state index contributed by atoms with van der Waals surface area (Å²) in [5.74, 6) is 0. The average molecular weight is 270 g/mol. The van der Waals surface area contributed by atoms with Gasteiger partial charge in [0.15, 0.2) is 0 Å². The van der Waals surface area contributed by atoms with Crippen LogP contribution < -0.4 is 0 Å². The van der Waals surface area contributed by atoms with E-state index in [0.29, 0.717) is 6.04 Å². The monoisotopic (exact) mass is 269 g/mol. The Balaban J connectivity index is 1.95. The van der Waals surface area contributed by atoms with Crippen molar-refractivity contribution in [3.05, 3.63) is 0 Å². The maximum atomic E-state index is 5.12. The molecular formula is C14H27NSSi. The second kappa shape index (κ2) is 5.92. The third-order valence-electron chi connectivity index (χ3n) is 3.69. The number of hydrogen-bond acceptors (Lipinski definition) is 2. The van der Waals surface area contributed by atoms with Gasteiger partial charge in [0.05, 0.1) is 0 Å². The lowest BCUT2D eigenvalue weighted by Crippen LogP contribution is -2.24. The number of rotatable bonds is 3. The summed E-state index contributed by atoms with van der Waals surface area (Å²) in [6.07, 6.45) is 11.0. The van der Waals surface area contributed by atoms with Gasteiger partial charge in [-0.2, -0.15) is 11.2 Å². The van der Waals surface area contributed by atoms with E-state index in [0.717, 1.165) is 5.25 Å². The number of aliphatic imine (C=N–C) groups is 1. The van der Waals surface area contributed by atoms with Gasteiger partial charge >= 0.3 is 0 Å². The van der Waals surface area contributed by atoms with Gasteiger partial charge in [0.25, 0.3) is 0 Å². The Hall–Kier alpha value is 0.237. The molecule has 0 radical (unpaired) electrons. The number of nitrogens with zero attached hydrogens (tertiary/aromatic N) is 1. The molecule has 17 heavy (non-hydrogen) atoms. The molecule has 0 aromatic rings. The Bertz CT molecular complexity index is 276. The van der Waals surface area contributed by atoms with E-state index in [-0.39, 0.29) is 0 Å². The van der Waals surface area contributed by atoms with Gasteiger partial charge in [0.2, 0.25) is 0 Å². The fourth-order valence-corrected chi connectivity index (χ4v) is 7.72. The third kappa shape index (κ3) is 4.44. The average Bonchev–Trinajstić information content (AvgIpc) is 2.65. The SMILES string of the molecule is C[Si](C)(C)SC1CCC/C1=N\C1CCCCC1. The molecule has 98 valence electrons. The van der Waals surface area contributed by atoms with E-state index in [2.05, 4.69) is 30.9 Å². The second-order valence-electron chi connectivity index (χ2n) is 6.52. The highest BCUT2D eigenvalue weighted by Crippen LogP contribution is 2.35. The standard InChI is InChI=1S/C14H27NSSi/c1-17(2,3)16-14-11-7-10-13(14)15-12-8-5-4-6-9-12/h12,14H,4-11H2,1-3H3/b15-13+. The molecule has 0 bridgehead atoms. The van der Waals surface area contributed by atoms with Crippen LogP contribution in [-0.4, -0.2) is 24.2 Å². The van der Waals surface area contributed by atoms with Crippen LogP contribution in [0.1, 0.15) is 51.4 Å². The Labute approximate surface area is 112 Å². The Morgan fingerprint density at radius 3 is 2.35 bits per heavy atom. The molecule has 0 spiro atoms. The van der Waals surface area contributed by atoms with E-state index in [1.807, 2.05) is 0 Å². The molecule has 2 fully saturated rings. The first-order chi connectivity index (χ1) is 8.04. The van der Waals surface area contributed by atoms with E-state index in [9.17, 15) is 0 Å². The van der Waals surface area contributed by atoms with Gasteiger partial charge in [0, 0.05) is 17.0 Å². The summed E-state index contributed by atoms with van der Waals surface area (Å²) in [5.41, 5.74) is 1.57. The van der Waals surface area contributed by atoms with Gasteiger partial charge in [-0.1, -0.05) is 38.9 Å². The van der Waals surface area contributed by atoms with Gasteiger partial charge < -0.3 is 0 Å². The molecule has 2 rings (SSSR count). The molecule has 2 aliphatic rings. The molecule has 2 saturated carbocycles. The maximum absolute atomic E-state index is 5.12. The highest BCUT2D eigenvalue weighted by molar-refractivity contribution is 8.29. The topological polar surface area (TPSA) is 12.4 Å². The zero-order valence-corrected chi connectivity index (χ0v) is 13.5. The van der Waals surface area contributed by atoms with Gasteiger partial charge in [-0.15, -0.1) is 0 Å². The number of hydrogen-bond donors (Lipinski definition) is 0. The first kappa shape index (κ1) is 13.7. The normalized spacial score (nSPS) is 30.1. The Morgan fingerprint density at radius 2 is 1.71 bits per heavy atom. The molecule has 1 atom stereocenters. The van der Waals surface area contributed by atoms with Crippen molar-refractivity contribution < 1.29 is 0 Å². The minimum atomic E-state index is -0.994. The minimum absolute atomic E-state index is 0.682. The molecule has 0 N–H and O–H groups in total. The smallest absolute Gasteiger partial charge is 0.109 e. The Morgan fingerprint density at radius 1 is 1.00 bits per heavy atom. The molecule has 0 amide bonds. The molecule has 1 unspecified atom stereocenters. The van der Waals surface area contributed by atoms with Crippen LogP contribution in [-0.2, 0) is 0 Å². The molecule has 2 aliphatic carbocycles. The molecule has 0 heterocycles. The lowest BCUT2D eigenvalue weighted by atomic mass is 9.96. The van der Waals surface area contributed by atoms with Crippen LogP contribution >= 0.6 is 11.2 Å². The van der Waals surface area contributed by atoms with Gasteiger partial charge in [0.1, 0.15) is 7.22 Å². The van der Waals surface area contributed by atoms with Crippen LogP contribution in [0.5, 0.6) is 0 Å². The largest absolute Gasteiger partial charge is 0.290 e. The van der Waals surface area contributed by atoms with Crippen molar-refractivity contribution in [3.63, 3.8) is 0 Å². The van der Waals surface area contributed by atoms with Crippen LogP contribution in [0.15, 0.2) is 4.99 Å². The van der Waals surface area contributed by atoms with Gasteiger partial charge in [-0.25, -0.2) is 0 Å². The van der Waals surface area contributed by atoms with Crippen molar-refractivity contribution >= 4 is 24.1 Å². The zero-order valence-electron chi connectivity index (χ0n) is 11.7. The molecule has 3 heteroatoms. The van der Waals surface area contributed by atoms with Crippen molar-refractivity contribution in [1.82, 2.24) is 0 Å².